The van der Waals surface area contributed by atoms with E-state index in [-0.39, 0.29) is 0 Å². The summed E-state index contributed by atoms with van der Waals surface area (Å²) in [6.07, 6.45) is 4.88. The molecule has 0 N–H and O–H groups in total. The lowest BCUT2D eigenvalue weighted by Crippen LogP contribution is -2.24. The maximum absolute atomic E-state index is 5.48. The van der Waals surface area contributed by atoms with Gasteiger partial charge in [-0.3, -0.25) is 0 Å². The predicted octanol–water partition coefficient (Wildman–Crippen LogP) is 1.80. The van der Waals surface area contributed by atoms with Crippen LogP contribution in [-0.4, -0.2) is 25.9 Å². The first-order chi connectivity index (χ1) is 5.43. The molecule has 1 radical (unpaired) electrons. The molecule has 0 spiro atoms. The van der Waals surface area contributed by atoms with Gasteiger partial charge in [0.15, 0.2) is 0 Å². The molecule has 11 heavy (non-hydrogen) atoms. The van der Waals surface area contributed by atoms with Crippen molar-refractivity contribution in [2.75, 3.05) is 19.8 Å². The zero-order valence-electron chi connectivity index (χ0n) is 7.05. The lowest BCUT2D eigenvalue weighted by Gasteiger charge is -2.22. The van der Waals surface area contributed by atoms with Gasteiger partial charge in [0.05, 0.1) is 12.7 Å². The second kappa shape index (κ2) is 5.56. The van der Waals surface area contributed by atoms with Crippen molar-refractivity contribution in [3.8, 4) is 0 Å². The van der Waals surface area contributed by atoms with Gasteiger partial charge in [0.25, 0.3) is 0 Å². The van der Waals surface area contributed by atoms with E-state index in [1.165, 1.54) is 12.8 Å². The van der Waals surface area contributed by atoms with Crippen molar-refractivity contribution in [3.05, 3.63) is 6.92 Å². The molecule has 1 aliphatic heterocycles. The van der Waals surface area contributed by atoms with Crippen molar-refractivity contribution in [2.24, 2.45) is 0 Å². The zero-order chi connectivity index (χ0) is 7.94. The van der Waals surface area contributed by atoms with Crippen LogP contribution in [0.15, 0.2) is 0 Å². The third-order valence-electron chi connectivity index (χ3n) is 1.87. The Bertz CT molecular complexity index is 87.6. The van der Waals surface area contributed by atoms with Crippen LogP contribution in [0, 0.1) is 6.92 Å². The van der Waals surface area contributed by atoms with Gasteiger partial charge in [-0.2, -0.15) is 0 Å². The summed E-state index contributed by atoms with van der Waals surface area (Å²) >= 11 is 0. The first-order valence-corrected chi connectivity index (χ1v) is 4.42. The molecule has 0 aromatic carbocycles. The number of rotatable bonds is 4. The van der Waals surface area contributed by atoms with E-state index in [9.17, 15) is 0 Å². The monoisotopic (exact) mass is 157 g/mol. The first-order valence-electron chi connectivity index (χ1n) is 4.42. The minimum atomic E-state index is 0.357. The molecule has 1 aliphatic rings. The summed E-state index contributed by atoms with van der Waals surface area (Å²) in [4.78, 5) is 0. The van der Waals surface area contributed by atoms with Crippen LogP contribution < -0.4 is 0 Å². The topological polar surface area (TPSA) is 18.5 Å². The van der Waals surface area contributed by atoms with Gasteiger partial charge in [0, 0.05) is 13.2 Å². The molecule has 0 saturated carbocycles. The molecular formula is C9H17O2. The average molecular weight is 157 g/mol. The first kappa shape index (κ1) is 9.01. The van der Waals surface area contributed by atoms with Crippen LogP contribution in [0.4, 0.5) is 0 Å². The molecule has 0 aromatic heterocycles. The Labute approximate surface area is 68.9 Å². The molecule has 1 unspecified atom stereocenters. The summed E-state index contributed by atoms with van der Waals surface area (Å²) in [5.74, 6) is 0. The summed E-state index contributed by atoms with van der Waals surface area (Å²) in [6, 6.07) is 0. The molecule has 0 aliphatic carbocycles. The smallest absolute Gasteiger partial charge is 0.0808 e. The Morgan fingerprint density at radius 2 is 2.36 bits per heavy atom. The highest BCUT2D eigenvalue weighted by atomic mass is 16.5. The highest BCUT2D eigenvalue weighted by Gasteiger charge is 2.12. The van der Waals surface area contributed by atoms with Gasteiger partial charge in [0.2, 0.25) is 0 Å². The van der Waals surface area contributed by atoms with Crippen LogP contribution in [0.3, 0.4) is 0 Å². The maximum Gasteiger partial charge on any atom is 0.0808 e. The summed E-state index contributed by atoms with van der Waals surface area (Å²) < 4.78 is 10.8. The summed E-state index contributed by atoms with van der Waals surface area (Å²) in [5.41, 5.74) is 0. The standard InChI is InChI=1S/C9H17O2/c1-2-6-10-8-9-5-3-4-7-11-9/h9H,1-8H2. The molecule has 1 fully saturated rings. The van der Waals surface area contributed by atoms with E-state index in [1.807, 2.05) is 0 Å². The Balaban J connectivity index is 1.96. The lowest BCUT2D eigenvalue weighted by molar-refractivity contribution is -0.0398. The molecule has 1 heterocycles. The fourth-order valence-electron chi connectivity index (χ4n) is 1.26. The van der Waals surface area contributed by atoms with E-state index in [1.54, 1.807) is 0 Å². The predicted molar refractivity (Wildman–Crippen MR) is 44.4 cm³/mol. The highest BCUT2D eigenvalue weighted by molar-refractivity contribution is 4.62. The van der Waals surface area contributed by atoms with Crippen LogP contribution in [0.1, 0.15) is 25.7 Å². The fraction of sp³-hybridized carbons (Fsp3) is 0.889. The molecular weight excluding hydrogens is 140 g/mol. The number of ether oxygens (including phenoxy) is 2. The molecule has 1 rings (SSSR count). The molecule has 0 amide bonds. The number of hydrogen-bond acceptors (Lipinski definition) is 2. The van der Waals surface area contributed by atoms with E-state index in [4.69, 9.17) is 9.47 Å². The molecule has 65 valence electrons. The van der Waals surface area contributed by atoms with Gasteiger partial charge in [-0.05, 0) is 25.7 Å². The largest absolute Gasteiger partial charge is 0.379 e. The SMILES string of the molecule is [CH2]CCOCC1CCCCO1. The van der Waals surface area contributed by atoms with Crippen LogP contribution in [0.25, 0.3) is 0 Å². The van der Waals surface area contributed by atoms with Gasteiger partial charge >= 0.3 is 0 Å². The van der Waals surface area contributed by atoms with Crippen LogP contribution >= 0.6 is 0 Å². The van der Waals surface area contributed by atoms with Crippen molar-refractivity contribution < 1.29 is 9.47 Å². The molecule has 1 atom stereocenters. The Morgan fingerprint density at radius 1 is 1.45 bits per heavy atom. The summed E-state index contributed by atoms with van der Waals surface area (Å²) in [7, 11) is 0. The summed E-state index contributed by atoms with van der Waals surface area (Å²) in [6.45, 7) is 6.14. The summed E-state index contributed by atoms with van der Waals surface area (Å²) in [5, 5.41) is 0. The van der Waals surface area contributed by atoms with Crippen molar-refractivity contribution in [1.29, 1.82) is 0 Å². The van der Waals surface area contributed by atoms with Crippen molar-refractivity contribution in [3.63, 3.8) is 0 Å². The molecule has 0 aromatic rings. The van der Waals surface area contributed by atoms with Gasteiger partial charge < -0.3 is 9.47 Å². The second-order valence-electron chi connectivity index (χ2n) is 2.92. The average Bonchev–Trinajstić information content (AvgIpc) is 2.07. The van der Waals surface area contributed by atoms with Crippen molar-refractivity contribution in [1.82, 2.24) is 0 Å². The fourth-order valence-corrected chi connectivity index (χ4v) is 1.26. The van der Waals surface area contributed by atoms with Gasteiger partial charge in [-0.1, -0.05) is 6.92 Å². The van der Waals surface area contributed by atoms with Gasteiger partial charge in [-0.25, -0.2) is 0 Å². The minimum Gasteiger partial charge on any atom is -0.379 e. The van der Waals surface area contributed by atoms with Crippen LogP contribution in [0.2, 0.25) is 0 Å². The molecule has 0 bridgehead atoms. The number of hydrogen-bond donors (Lipinski definition) is 0. The lowest BCUT2D eigenvalue weighted by atomic mass is 10.1. The van der Waals surface area contributed by atoms with Crippen molar-refractivity contribution in [2.45, 2.75) is 31.8 Å². The van der Waals surface area contributed by atoms with Crippen LogP contribution in [0.5, 0.6) is 0 Å². The Kier molecular flexibility index (Phi) is 4.55. The van der Waals surface area contributed by atoms with Crippen molar-refractivity contribution >= 4 is 0 Å². The third kappa shape index (κ3) is 3.73. The third-order valence-corrected chi connectivity index (χ3v) is 1.87. The zero-order valence-corrected chi connectivity index (χ0v) is 7.05. The van der Waals surface area contributed by atoms with E-state index in [0.717, 1.165) is 32.7 Å². The second-order valence-corrected chi connectivity index (χ2v) is 2.92. The van der Waals surface area contributed by atoms with E-state index >= 15 is 0 Å². The normalized spacial score (nSPS) is 25.4. The van der Waals surface area contributed by atoms with Gasteiger partial charge in [-0.15, -0.1) is 0 Å². The van der Waals surface area contributed by atoms with E-state index < -0.39 is 0 Å². The minimum absolute atomic E-state index is 0.357. The molecule has 2 nitrogen and oxygen atoms in total. The molecule has 1 saturated heterocycles. The molecule has 2 heteroatoms. The highest BCUT2D eigenvalue weighted by Crippen LogP contribution is 2.12. The quantitative estimate of drug-likeness (QED) is 0.579. The maximum atomic E-state index is 5.48. The Morgan fingerprint density at radius 3 is 3.00 bits per heavy atom. The Hall–Kier alpha value is -0.0800. The van der Waals surface area contributed by atoms with Gasteiger partial charge in [0.1, 0.15) is 0 Å². The van der Waals surface area contributed by atoms with Crippen LogP contribution in [-0.2, 0) is 9.47 Å². The van der Waals surface area contributed by atoms with E-state index in [0.29, 0.717) is 6.10 Å². The van der Waals surface area contributed by atoms with E-state index in [2.05, 4.69) is 6.92 Å².